The van der Waals surface area contributed by atoms with Crippen LogP contribution in [0.1, 0.15) is 0 Å². The Balaban J connectivity index is 1.54. The number of nitrogens with one attached hydrogen (secondary N) is 1. The van der Waals surface area contributed by atoms with E-state index in [1.165, 1.54) is 0 Å². The van der Waals surface area contributed by atoms with Gasteiger partial charge in [-0.1, -0.05) is 12.1 Å². The van der Waals surface area contributed by atoms with Gasteiger partial charge in [-0.3, -0.25) is 9.69 Å². The number of ether oxygens (including phenoxy) is 1. The molecule has 3 rings (SSSR count). The zero-order chi connectivity index (χ0) is 18.5. The predicted octanol–water partition coefficient (Wildman–Crippen LogP) is 2.73. The van der Waals surface area contributed by atoms with E-state index in [2.05, 4.69) is 10.2 Å². The lowest BCUT2D eigenvalue weighted by atomic mass is 10.2. The zero-order valence-corrected chi connectivity index (χ0v) is 14.5. The SMILES string of the molecule is COc1ccccc1N1CCN(CC(=O)Nc2cc(F)ccc2F)CC1. The van der Waals surface area contributed by atoms with E-state index in [9.17, 15) is 13.6 Å². The van der Waals surface area contributed by atoms with Crippen LogP contribution in [0.2, 0.25) is 0 Å². The number of carbonyl (C=O) groups is 1. The maximum atomic E-state index is 13.6. The van der Waals surface area contributed by atoms with E-state index in [-0.39, 0.29) is 18.1 Å². The molecular formula is C19H21F2N3O2. The number of carbonyl (C=O) groups excluding carboxylic acids is 1. The molecule has 1 fully saturated rings. The van der Waals surface area contributed by atoms with E-state index < -0.39 is 11.6 Å². The molecule has 26 heavy (non-hydrogen) atoms. The van der Waals surface area contributed by atoms with Crippen molar-refractivity contribution in [3.05, 3.63) is 54.1 Å². The maximum absolute atomic E-state index is 13.6. The lowest BCUT2D eigenvalue weighted by Crippen LogP contribution is -2.48. The number of amides is 1. The molecule has 0 aliphatic carbocycles. The number of anilines is 2. The second-order valence-corrected chi connectivity index (χ2v) is 6.11. The van der Waals surface area contributed by atoms with Crippen molar-refractivity contribution in [1.82, 2.24) is 4.90 Å². The molecule has 1 amide bonds. The standard InChI is InChI=1S/C19H21F2N3O2/c1-26-18-5-3-2-4-17(18)24-10-8-23(9-11-24)13-19(25)22-16-12-14(20)6-7-15(16)21/h2-7,12H,8-11,13H2,1H3,(H,22,25). The van der Waals surface area contributed by atoms with E-state index in [0.29, 0.717) is 13.1 Å². The van der Waals surface area contributed by atoms with Gasteiger partial charge in [-0.25, -0.2) is 8.78 Å². The molecule has 0 saturated carbocycles. The van der Waals surface area contributed by atoms with Crippen molar-refractivity contribution in [2.75, 3.05) is 50.1 Å². The first-order valence-electron chi connectivity index (χ1n) is 8.42. The maximum Gasteiger partial charge on any atom is 0.238 e. The minimum Gasteiger partial charge on any atom is -0.495 e. The van der Waals surface area contributed by atoms with Crippen molar-refractivity contribution >= 4 is 17.3 Å². The van der Waals surface area contributed by atoms with Gasteiger partial charge in [-0.2, -0.15) is 0 Å². The Labute approximate surface area is 151 Å². The Bertz CT molecular complexity index is 777. The Morgan fingerprint density at radius 1 is 1.12 bits per heavy atom. The minimum absolute atomic E-state index is 0.135. The smallest absolute Gasteiger partial charge is 0.238 e. The number of para-hydroxylation sites is 2. The average molecular weight is 361 g/mol. The first-order chi connectivity index (χ1) is 12.6. The third-order valence-corrected chi connectivity index (χ3v) is 4.37. The van der Waals surface area contributed by atoms with Crippen molar-refractivity contribution in [3.8, 4) is 5.75 Å². The first kappa shape index (κ1) is 18.1. The fraction of sp³-hybridized carbons (Fsp3) is 0.316. The van der Waals surface area contributed by atoms with Crippen molar-refractivity contribution in [3.63, 3.8) is 0 Å². The van der Waals surface area contributed by atoms with Gasteiger partial charge in [0.15, 0.2) is 0 Å². The van der Waals surface area contributed by atoms with E-state index in [4.69, 9.17) is 4.74 Å². The summed E-state index contributed by atoms with van der Waals surface area (Å²) in [5.74, 6) is -0.784. The summed E-state index contributed by atoms with van der Waals surface area (Å²) in [6.07, 6.45) is 0. The Morgan fingerprint density at radius 2 is 1.85 bits per heavy atom. The molecule has 5 nitrogen and oxygen atoms in total. The highest BCUT2D eigenvalue weighted by atomic mass is 19.1. The van der Waals surface area contributed by atoms with Gasteiger partial charge >= 0.3 is 0 Å². The van der Waals surface area contributed by atoms with Gasteiger partial charge < -0.3 is 15.0 Å². The lowest BCUT2D eigenvalue weighted by molar-refractivity contribution is -0.117. The predicted molar refractivity (Wildman–Crippen MR) is 96.6 cm³/mol. The minimum atomic E-state index is -0.652. The number of rotatable bonds is 5. The van der Waals surface area contributed by atoms with Crippen LogP contribution >= 0.6 is 0 Å². The van der Waals surface area contributed by atoms with Crippen LogP contribution in [-0.2, 0) is 4.79 Å². The molecule has 1 heterocycles. The largest absolute Gasteiger partial charge is 0.495 e. The van der Waals surface area contributed by atoms with Crippen LogP contribution in [0.15, 0.2) is 42.5 Å². The van der Waals surface area contributed by atoms with Gasteiger partial charge in [0, 0.05) is 32.2 Å². The van der Waals surface area contributed by atoms with Gasteiger partial charge in [-0.05, 0) is 24.3 Å². The van der Waals surface area contributed by atoms with Gasteiger partial charge in [-0.15, -0.1) is 0 Å². The van der Waals surface area contributed by atoms with Crippen LogP contribution in [-0.4, -0.2) is 50.6 Å². The molecule has 1 aliphatic heterocycles. The molecule has 0 unspecified atom stereocenters. The van der Waals surface area contributed by atoms with E-state index in [1.807, 2.05) is 29.2 Å². The van der Waals surface area contributed by atoms with Gasteiger partial charge in [0.2, 0.25) is 5.91 Å². The van der Waals surface area contributed by atoms with E-state index >= 15 is 0 Å². The number of halogens is 2. The summed E-state index contributed by atoms with van der Waals surface area (Å²) in [4.78, 5) is 16.3. The summed E-state index contributed by atoms with van der Waals surface area (Å²) in [5, 5.41) is 2.43. The number of methoxy groups -OCH3 is 1. The third kappa shape index (κ3) is 4.29. The molecule has 1 saturated heterocycles. The highest BCUT2D eigenvalue weighted by Gasteiger charge is 2.21. The molecule has 138 valence electrons. The highest BCUT2D eigenvalue weighted by molar-refractivity contribution is 5.92. The van der Waals surface area contributed by atoms with Crippen molar-refractivity contribution in [2.45, 2.75) is 0 Å². The van der Waals surface area contributed by atoms with Gasteiger partial charge in [0.1, 0.15) is 17.4 Å². The second-order valence-electron chi connectivity index (χ2n) is 6.11. The summed E-state index contributed by atoms with van der Waals surface area (Å²) in [5.41, 5.74) is 0.892. The monoisotopic (exact) mass is 361 g/mol. The first-order valence-corrected chi connectivity index (χ1v) is 8.42. The van der Waals surface area contributed by atoms with Gasteiger partial charge in [0.05, 0.1) is 25.0 Å². The van der Waals surface area contributed by atoms with Crippen molar-refractivity contribution in [2.24, 2.45) is 0 Å². The normalized spacial score (nSPS) is 15.0. The number of hydrogen-bond donors (Lipinski definition) is 1. The molecule has 0 radical (unpaired) electrons. The van der Waals surface area contributed by atoms with Crippen molar-refractivity contribution < 1.29 is 18.3 Å². The van der Waals surface area contributed by atoms with Crippen LogP contribution in [0.25, 0.3) is 0 Å². The summed E-state index contributed by atoms with van der Waals surface area (Å²) < 4.78 is 32.2. The number of nitrogens with zero attached hydrogens (tertiary/aromatic N) is 2. The summed E-state index contributed by atoms with van der Waals surface area (Å²) >= 11 is 0. The molecule has 1 N–H and O–H groups in total. The molecule has 0 bridgehead atoms. The summed E-state index contributed by atoms with van der Waals surface area (Å²) in [7, 11) is 1.64. The van der Waals surface area contributed by atoms with Gasteiger partial charge in [0.25, 0.3) is 0 Å². The molecule has 0 spiro atoms. The molecule has 2 aromatic rings. The second kappa shape index (κ2) is 8.14. The number of piperazine rings is 1. The van der Waals surface area contributed by atoms with Crippen LogP contribution in [0, 0.1) is 11.6 Å². The topological polar surface area (TPSA) is 44.8 Å². The Hall–Kier alpha value is -2.67. The molecule has 1 aliphatic rings. The van der Waals surface area contributed by atoms with Crippen LogP contribution in [0.3, 0.4) is 0 Å². The lowest BCUT2D eigenvalue weighted by Gasteiger charge is -2.36. The number of benzene rings is 2. The molecular weight excluding hydrogens is 340 g/mol. The highest BCUT2D eigenvalue weighted by Crippen LogP contribution is 2.28. The van der Waals surface area contributed by atoms with Crippen molar-refractivity contribution in [1.29, 1.82) is 0 Å². The fourth-order valence-corrected chi connectivity index (χ4v) is 3.02. The average Bonchev–Trinajstić information content (AvgIpc) is 2.65. The number of hydrogen-bond acceptors (Lipinski definition) is 4. The van der Waals surface area contributed by atoms with Crippen LogP contribution < -0.4 is 15.0 Å². The molecule has 2 aromatic carbocycles. The third-order valence-electron chi connectivity index (χ3n) is 4.37. The molecule has 7 heteroatoms. The molecule has 0 aromatic heterocycles. The van der Waals surface area contributed by atoms with E-state index in [1.54, 1.807) is 7.11 Å². The fourth-order valence-electron chi connectivity index (χ4n) is 3.02. The Kier molecular flexibility index (Phi) is 5.68. The summed E-state index contributed by atoms with van der Waals surface area (Å²) in [6, 6.07) is 10.8. The molecule has 0 atom stereocenters. The zero-order valence-electron chi connectivity index (χ0n) is 14.5. The van der Waals surface area contributed by atoms with Crippen LogP contribution in [0.5, 0.6) is 5.75 Å². The van der Waals surface area contributed by atoms with Crippen LogP contribution in [0.4, 0.5) is 20.2 Å². The Morgan fingerprint density at radius 3 is 2.58 bits per heavy atom. The van der Waals surface area contributed by atoms with E-state index in [0.717, 1.165) is 42.7 Å². The summed E-state index contributed by atoms with van der Waals surface area (Å²) in [6.45, 7) is 3.02. The quantitative estimate of drug-likeness (QED) is 0.890.